The molecule has 76 valence electrons. The summed E-state index contributed by atoms with van der Waals surface area (Å²) in [6, 6.07) is 2.66. The van der Waals surface area contributed by atoms with Crippen molar-refractivity contribution < 1.29 is 0 Å². The third-order valence-electron chi connectivity index (χ3n) is 2.74. The molecule has 0 saturated carbocycles. The number of nitrogens with one attached hydrogen (secondary N) is 2. The molecule has 0 atom stereocenters. The Bertz CT molecular complexity index is 292. The van der Waals surface area contributed by atoms with Gasteiger partial charge in [0.2, 0.25) is 0 Å². The number of pyridine rings is 1. The number of hydrogen-bond donors (Lipinski definition) is 2. The van der Waals surface area contributed by atoms with Crippen LogP contribution in [0.4, 0.5) is 5.69 Å². The van der Waals surface area contributed by atoms with E-state index in [1.165, 1.54) is 24.1 Å². The lowest BCUT2D eigenvalue weighted by molar-refractivity contribution is 0.479. The van der Waals surface area contributed by atoms with Crippen molar-refractivity contribution in [3.8, 4) is 0 Å². The molecule has 3 nitrogen and oxygen atoms in total. The molecule has 0 amide bonds. The zero-order chi connectivity index (χ0) is 9.80. The van der Waals surface area contributed by atoms with E-state index in [0.29, 0.717) is 6.04 Å². The maximum atomic E-state index is 4.13. The molecule has 0 spiro atoms. The average Bonchev–Trinajstić information content (AvgIpc) is 2.23. The fourth-order valence-corrected chi connectivity index (χ4v) is 1.80. The van der Waals surface area contributed by atoms with Gasteiger partial charge in [0.05, 0.1) is 11.9 Å². The molecule has 1 aliphatic rings. The van der Waals surface area contributed by atoms with Gasteiger partial charge in [-0.2, -0.15) is 0 Å². The van der Waals surface area contributed by atoms with Gasteiger partial charge in [0.25, 0.3) is 0 Å². The molecule has 2 rings (SSSR count). The molecular formula is C11H17N3. The van der Waals surface area contributed by atoms with Crippen molar-refractivity contribution in [2.45, 2.75) is 25.8 Å². The van der Waals surface area contributed by atoms with Gasteiger partial charge in [-0.15, -0.1) is 0 Å². The van der Waals surface area contributed by atoms with Crippen molar-refractivity contribution in [2.75, 3.05) is 18.4 Å². The zero-order valence-electron chi connectivity index (χ0n) is 8.59. The molecule has 1 aromatic heterocycles. The quantitative estimate of drug-likeness (QED) is 0.744. The summed E-state index contributed by atoms with van der Waals surface area (Å²) in [6.07, 6.45) is 6.16. The SMILES string of the molecule is Cc1ccncc1NC1CCNCC1. The molecule has 0 aromatic carbocycles. The second kappa shape index (κ2) is 4.42. The first kappa shape index (κ1) is 9.46. The molecule has 0 aliphatic carbocycles. The standard InChI is InChI=1S/C11H17N3/c1-9-2-5-13-8-11(9)14-10-3-6-12-7-4-10/h2,5,8,10,12,14H,3-4,6-7H2,1H3. The molecule has 1 saturated heterocycles. The van der Waals surface area contributed by atoms with Gasteiger partial charge in [0, 0.05) is 12.2 Å². The molecule has 14 heavy (non-hydrogen) atoms. The number of piperidine rings is 1. The molecule has 1 aromatic rings. The van der Waals surface area contributed by atoms with Gasteiger partial charge in [0.15, 0.2) is 0 Å². The predicted molar refractivity (Wildman–Crippen MR) is 58.5 cm³/mol. The van der Waals surface area contributed by atoms with Crippen molar-refractivity contribution in [2.24, 2.45) is 0 Å². The van der Waals surface area contributed by atoms with Crippen LogP contribution in [0, 0.1) is 6.92 Å². The summed E-state index contributed by atoms with van der Waals surface area (Å²) in [5.41, 5.74) is 2.46. The summed E-state index contributed by atoms with van der Waals surface area (Å²) in [5, 5.41) is 6.91. The number of rotatable bonds is 2. The predicted octanol–water partition coefficient (Wildman–Crippen LogP) is 1.55. The summed E-state index contributed by atoms with van der Waals surface area (Å²) < 4.78 is 0. The van der Waals surface area contributed by atoms with Crippen molar-refractivity contribution in [1.29, 1.82) is 0 Å². The molecule has 2 heterocycles. The van der Waals surface area contributed by atoms with E-state index in [4.69, 9.17) is 0 Å². The Morgan fingerprint density at radius 3 is 2.93 bits per heavy atom. The van der Waals surface area contributed by atoms with Crippen molar-refractivity contribution in [1.82, 2.24) is 10.3 Å². The number of hydrogen-bond acceptors (Lipinski definition) is 3. The van der Waals surface area contributed by atoms with Crippen molar-refractivity contribution >= 4 is 5.69 Å². The fraction of sp³-hybridized carbons (Fsp3) is 0.545. The first-order chi connectivity index (χ1) is 6.86. The Labute approximate surface area is 84.9 Å². The highest BCUT2D eigenvalue weighted by atomic mass is 15.0. The van der Waals surface area contributed by atoms with Crippen LogP contribution < -0.4 is 10.6 Å². The van der Waals surface area contributed by atoms with Gasteiger partial charge in [-0.1, -0.05) is 0 Å². The molecule has 2 N–H and O–H groups in total. The van der Waals surface area contributed by atoms with E-state index in [9.17, 15) is 0 Å². The third-order valence-corrected chi connectivity index (χ3v) is 2.74. The monoisotopic (exact) mass is 191 g/mol. The first-order valence-electron chi connectivity index (χ1n) is 5.24. The van der Waals surface area contributed by atoms with Gasteiger partial charge >= 0.3 is 0 Å². The molecule has 1 fully saturated rings. The fourth-order valence-electron chi connectivity index (χ4n) is 1.80. The van der Waals surface area contributed by atoms with E-state index in [1.807, 2.05) is 18.5 Å². The minimum Gasteiger partial charge on any atom is -0.381 e. The van der Waals surface area contributed by atoms with Crippen LogP contribution >= 0.6 is 0 Å². The average molecular weight is 191 g/mol. The van der Waals surface area contributed by atoms with Crippen LogP contribution in [0.15, 0.2) is 18.5 Å². The Morgan fingerprint density at radius 2 is 2.21 bits per heavy atom. The summed E-state index contributed by atoms with van der Waals surface area (Å²) in [4.78, 5) is 4.13. The molecule has 0 unspecified atom stereocenters. The van der Waals surface area contributed by atoms with Crippen LogP contribution in [0.1, 0.15) is 18.4 Å². The number of aryl methyl sites for hydroxylation is 1. The highest BCUT2D eigenvalue weighted by Gasteiger charge is 2.12. The third kappa shape index (κ3) is 2.23. The van der Waals surface area contributed by atoms with E-state index in [1.54, 1.807) is 0 Å². The minimum atomic E-state index is 0.610. The van der Waals surface area contributed by atoms with Crippen LogP contribution in [0.5, 0.6) is 0 Å². The van der Waals surface area contributed by atoms with E-state index < -0.39 is 0 Å². The van der Waals surface area contributed by atoms with Crippen LogP contribution in [0.25, 0.3) is 0 Å². The maximum absolute atomic E-state index is 4.13. The first-order valence-corrected chi connectivity index (χ1v) is 5.24. The Hall–Kier alpha value is -1.09. The lowest BCUT2D eigenvalue weighted by atomic mass is 10.1. The van der Waals surface area contributed by atoms with Gasteiger partial charge in [-0.3, -0.25) is 4.98 Å². The molecule has 0 bridgehead atoms. The van der Waals surface area contributed by atoms with Crippen LogP contribution in [-0.4, -0.2) is 24.1 Å². The zero-order valence-corrected chi connectivity index (χ0v) is 8.59. The topological polar surface area (TPSA) is 37.0 Å². The number of anilines is 1. The van der Waals surface area contributed by atoms with Gasteiger partial charge in [-0.05, 0) is 44.5 Å². The van der Waals surface area contributed by atoms with E-state index >= 15 is 0 Å². The Balaban J connectivity index is 1.99. The molecule has 1 aliphatic heterocycles. The van der Waals surface area contributed by atoms with Gasteiger partial charge in [-0.25, -0.2) is 0 Å². The van der Waals surface area contributed by atoms with E-state index in [-0.39, 0.29) is 0 Å². The Kier molecular flexibility index (Phi) is 2.99. The minimum absolute atomic E-state index is 0.610. The van der Waals surface area contributed by atoms with Crippen molar-refractivity contribution in [3.05, 3.63) is 24.0 Å². The molecule has 3 heteroatoms. The second-order valence-corrected chi connectivity index (χ2v) is 3.86. The van der Waals surface area contributed by atoms with Crippen LogP contribution in [0.2, 0.25) is 0 Å². The molecular weight excluding hydrogens is 174 g/mol. The highest BCUT2D eigenvalue weighted by molar-refractivity contribution is 5.48. The van der Waals surface area contributed by atoms with Gasteiger partial charge in [0.1, 0.15) is 0 Å². The smallest absolute Gasteiger partial charge is 0.0558 e. The lowest BCUT2D eigenvalue weighted by Gasteiger charge is -2.25. The van der Waals surface area contributed by atoms with Crippen LogP contribution in [0.3, 0.4) is 0 Å². The summed E-state index contributed by atoms with van der Waals surface area (Å²) in [6.45, 7) is 4.36. The molecule has 0 radical (unpaired) electrons. The normalized spacial score (nSPS) is 18.1. The van der Waals surface area contributed by atoms with E-state index in [2.05, 4.69) is 22.5 Å². The second-order valence-electron chi connectivity index (χ2n) is 3.86. The summed E-state index contributed by atoms with van der Waals surface area (Å²) in [7, 11) is 0. The summed E-state index contributed by atoms with van der Waals surface area (Å²) >= 11 is 0. The number of nitrogens with zero attached hydrogens (tertiary/aromatic N) is 1. The van der Waals surface area contributed by atoms with Gasteiger partial charge < -0.3 is 10.6 Å². The lowest BCUT2D eigenvalue weighted by Crippen LogP contribution is -2.35. The summed E-state index contributed by atoms with van der Waals surface area (Å²) in [5.74, 6) is 0. The largest absolute Gasteiger partial charge is 0.381 e. The van der Waals surface area contributed by atoms with Crippen LogP contribution in [-0.2, 0) is 0 Å². The van der Waals surface area contributed by atoms with E-state index in [0.717, 1.165) is 13.1 Å². The number of aromatic nitrogens is 1. The highest BCUT2D eigenvalue weighted by Crippen LogP contribution is 2.16. The Morgan fingerprint density at radius 1 is 1.43 bits per heavy atom. The maximum Gasteiger partial charge on any atom is 0.0558 e. The van der Waals surface area contributed by atoms with Crippen molar-refractivity contribution in [3.63, 3.8) is 0 Å².